The first kappa shape index (κ1) is 38.7. The normalized spacial score (nSPS) is 13.5. The maximum Gasteiger partial charge on any atom is 0.357 e. The Kier molecular flexibility index (Phi) is 15.2. The van der Waals surface area contributed by atoms with Crippen molar-refractivity contribution >= 4 is 11.9 Å². The summed E-state index contributed by atoms with van der Waals surface area (Å²) in [7, 11) is 0. The molecule has 1 aliphatic rings. The van der Waals surface area contributed by atoms with E-state index >= 15 is 0 Å². The van der Waals surface area contributed by atoms with E-state index < -0.39 is 5.60 Å². The molecule has 0 aliphatic heterocycles. The minimum atomic E-state index is -0.482. The Labute approximate surface area is 312 Å². The average Bonchev–Trinajstić information content (AvgIpc) is 3.56. The average molecular weight is 891 g/mol. The molecule has 0 spiro atoms. The van der Waals surface area contributed by atoms with Gasteiger partial charge in [-0.3, -0.25) is 0 Å². The Morgan fingerprint density at radius 1 is 0.714 bits per heavy atom. The second-order valence-corrected chi connectivity index (χ2v) is 18.8. The summed E-state index contributed by atoms with van der Waals surface area (Å²) in [6.07, 6.45) is 6.00. The molecule has 8 heteroatoms. The first-order valence-corrected chi connectivity index (χ1v) is 21.2. The molecule has 5 rings (SSSR count). The van der Waals surface area contributed by atoms with Crippen LogP contribution in [0.5, 0.6) is 11.5 Å². The van der Waals surface area contributed by atoms with Gasteiger partial charge in [-0.1, -0.05) is 50.2 Å². The van der Waals surface area contributed by atoms with Crippen molar-refractivity contribution in [2.45, 2.75) is 84.3 Å². The molecule has 1 saturated carbocycles. The lowest BCUT2D eigenvalue weighted by Crippen LogP contribution is -3.61. The summed E-state index contributed by atoms with van der Waals surface area (Å²) in [5.74, 6) is 0.746. The van der Waals surface area contributed by atoms with Crippen LogP contribution >= 0.6 is 0 Å². The van der Waals surface area contributed by atoms with Gasteiger partial charge >= 0.3 is 54.3 Å². The van der Waals surface area contributed by atoms with E-state index in [4.69, 9.17) is 18.9 Å². The third-order valence-electron chi connectivity index (χ3n) is 7.58. The SMILES string of the molecule is CC(C)(C)OC(=O)COc1ccc([I+]c2ccccc2)cc1.CCCOc1ccc([I+]c2ccccc2)cc1C(=O)OC1(CC)CCCC1. The molecular formula is C41H48I2O6+2. The van der Waals surface area contributed by atoms with Crippen LogP contribution in [0.25, 0.3) is 0 Å². The van der Waals surface area contributed by atoms with Crippen LogP contribution in [-0.4, -0.2) is 36.4 Å². The molecule has 0 unspecified atom stereocenters. The number of carbonyl (C=O) groups excluding carboxylic acids is 2. The van der Waals surface area contributed by atoms with Crippen molar-refractivity contribution < 1.29 is 70.9 Å². The quantitative estimate of drug-likeness (QED) is 0.152. The molecular weight excluding hydrogens is 842 g/mol. The number of rotatable bonds is 13. The molecule has 0 radical (unpaired) electrons. The highest BCUT2D eigenvalue weighted by Crippen LogP contribution is 2.37. The lowest BCUT2D eigenvalue weighted by Gasteiger charge is -2.28. The molecule has 1 aliphatic carbocycles. The number of esters is 2. The Morgan fingerprint density at radius 2 is 1.27 bits per heavy atom. The Morgan fingerprint density at radius 3 is 1.82 bits per heavy atom. The number of hydrogen-bond donors (Lipinski definition) is 0. The second-order valence-electron chi connectivity index (χ2n) is 12.7. The van der Waals surface area contributed by atoms with Gasteiger partial charge in [-0.25, -0.2) is 9.59 Å². The molecule has 0 atom stereocenters. The number of halogens is 2. The summed E-state index contributed by atoms with van der Waals surface area (Å²) in [5.41, 5.74) is -0.190. The summed E-state index contributed by atoms with van der Waals surface area (Å²) in [6.45, 7) is 10.2. The fraction of sp³-hybridized carbons (Fsp3) is 0.366. The van der Waals surface area contributed by atoms with Crippen molar-refractivity contribution in [2.75, 3.05) is 13.2 Å². The first-order valence-electron chi connectivity index (χ1n) is 16.9. The maximum absolute atomic E-state index is 13.1. The molecule has 0 heterocycles. The summed E-state index contributed by atoms with van der Waals surface area (Å²) >= 11 is -0.509. The van der Waals surface area contributed by atoms with Gasteiger partial charge in [0.25, 0.3) is 0 Å². The highest BCUT2D eigenvalue weighted by molar-refractivity contribution is 5.92. The van der Waals surface area contributed by atoms with E-state index in [0.717, 1.165) is 38.5 Å². The van der Waals surface area contributed by atoms with Crippen molar-refractivity contribution in [3.8, 4) is 11.5 Å². The van der Waals surface area contributed by atoms with Crippen LogP contribution in [0.15, 0.2) is 103 Å². The molecule has 0 saturated heterocycles. The van der Waals surface area contributed by atoms with Gasteiger partial charge in [0.05, 0.1) is 6.61 Å². The fourth-order valence-electron chi connectivity index (χ4n) is 5.17. The molecule has 0 bridgehead atoms. The third-order valence-corrected chi connectivity index (χ3v) is 12.9. The van der Waals surface area contributed by atoms with E-state index in [-0.39, 0.29) is 66.6 Å². The van der Waals surface area contributed by atoms with Crippen LogP contribution in [0.2, 0.25) is 0 Å². The highest BCUT2D eigenvalue weighted by atomic mass is 127. The lowest BCUT2D eigenvalue weighted by atomic mass is 9.98. The fourth-order valence-corrected chi connectivity index (χ4v) is 9.71. The molecule has 4 aromatic carbocycles. The van der Waals surface area contributed by atoms with Crippen molar-refractivity contribution in [3.63, 3.8) is 0 Å². The monoisotopic (exact) mass is 890 g/mol. The van der Waals surface area contributed by atoms with Gasteiger partial charge in [0.2, 0.25) is 0 Å². The summed E-state index contributed by atoms with van der Waals surface area (Å²) in [6, 6.07) is 34.9. The van der Waals surface area contributed by atoms with Gasteiger partial charge in [-0.15, -0.1) is 0 Å². The molecule has 0 amide bonds. The van der Waals surface area contributed by atoms with Crippen LogP contribution in [0.4, 0.5) is 0 Å². The van der Waals surface area contributed by atoms with Crippen LogP contribution < -0.4 is 51.9 Å². The first-order chi connectivity index (χ1) is 23.6. The highest BCUT2D eigenvalue weighted by Gasteiger charge is 2.37. The Bertz CT molecular complexity index is 1600. The summed E-state index contributed by atoms with van der Waals surface area (Å²) in [5, 5.41) is 0. The maximum atomic E-state index is 13.1. The third kappa shape index (κ3) is 13.3. The standard InChI is InChI=1S/C23H28IO3.C18H20IO3/c1-3-16-26-21-13-12-19(24-18-10-6-5-7-11-18)17-20(21)22(25)27-23(4-2)14-8-9-15-23;1-18(2,3)22-17(20)13-21-16-11-9-15(10-12-16)19-14-7-5-4-6-8-14/h5-7,10-13,17H,3-4,8-9,14-16H2,1-2H3;4-12H,13H2,1-3H3/q2*+1. The van der Waals surface area contributed by atoms with Gasteiger partial charge in [-0.2, -0.15) is 0 Å². The molecule has 1 fully saturated rings. The van der Waals surface area contributed by atoms with Gasteiger partial charge < -0.3 is 18.9 Å². The molecule has 0 aromatic heterocycles. The van der Waals surface area contributed by atoms with Crippen LogP contribution in [-0.2, 0) is 14.3 Å². The van der Waals surface area contributed by atoms with Crippen molar-refractivity contribution in [1.29, 1.82) is 0 Å². The van der Waals surface area contributed by atoms with E-state index in [9.17, 15) is 9.59 Å². The van der Waals surface area contributed by atoms with Crippen molar-refractivity contribution in [1.82, 2.24) is 0 Å². The van der Waals surface area contributed by atoms with Crippen LogP contribution in [0, 0.1) is 14.3 Å². The minimum absolute atomic E-state index is 0.0651. The van der Waals surface area contributed by atoms with Gasteiger partial charge in [0.15, 0.2) is 20.9 Å². The molecule has 0 N–H and O–H groups in total. The largest absolute Gasteiger partial charge is 0.493 e. The van der Waals surface area contributed by atoms with Gasteiger partial charge in [0, 0.05) is 6.07 Å². The van der Waals surface area contributed by atoms with Gasteiger partial charge in [0.1, 0.15) is 28.3 Å². The Balaban J connectivity index is 0.000000226. The number of benzene rings is 4. The zero-order chi connectivity index (χ0) is 35.1. The topological polar surface area (TPSA) is 71.1 Å². The van der Waals surface area contributed by atoms with E-state index in [1.807, 2.05) is 57.2 Å². The molecule has 49 heavy (non-hydrogen) atoms. The zero-order valence-corrected chi connectivity index (χ0v) is 33.5. The van der Waals surface area contributed by atoms with Gasteiger partial charge in [-0.05, 0) is 120 Å². The van der Waals surface area contributed by atoms with Crippen LogP contribution in [0.3, 0.4) is 0 Å². The summed E-state index contributed by atoms with van der Waals surface area (Å²) < 4.78 is 27.8. The smallest absolute Gasteiger partial charge is 0.357 e. The van der Waals surface area contributed by atoms with E-state index in [1.54, 1.807) is 0 Å². The van der Waals surface area contributed by atoms with E-state index in [2.05, 4.69) is 80.6 Å². The predicted octanol–water partition coefficient (Wildman–Crippen LogP) is 3.02. The second kappa shape index (κ2) is 19.3. The number of hydrogen-bond acceptors (Lipinski definition) is 6. The summed E-state index contributed by atoms with van der Waals surface area (Å²) in [4.78, 5) is 24.7. The van der Waals surface area contributed by atoms with Crippen LogP contribution in [0.1, 0.15) is 83.5 Å². The van der Waals surface area contributed by atoms with Crippen molar-refractivity contribution in [3.05, 3.63) is 123 Å². The van der Waals surface area contributed by atoms with Crippen molar-refractivity contribution in [2.24, 2.45) is 0 Å². The molecule has 260 valence electrons. The van der Waals surface area contributed by atoms with E-state index in [1.165, 1.54) is 14.3 Å². The molecule has 6 nitrogen and oxygen atoms in total. The predicted molar refractivity (Wildman–Crippen MR) is 185 cm³/mol. The molecule has 4 aromatic rings. The number of carbonyl (C=O) groups is 2. The van der Waals surface area contributed by atoms with E-state index in [0.29, 0.717) is 23.7 Å². The minimum Gasteiger partial charge on any atom is -0.493 e. The Hall–Kier alpha value is -3.12. The lowest BCUT2D eigenvalue weighted by molar-refractivity contribution is -0.597. The zero-order valence-electron chi connectivity index (χ0n) is 29.2. The number of ether oxygens (including phenoxy) is 4.